The zero-order valence-corrected chi connectivity index (χ0v) is 20.6. The molecule has 1 atom stereocenters. The highest BCUT2D eigenvalue weighted by Gasteiger charge is 2.05. The van der Waals surface area contributed by atoms with E-state index in [9.17, 15) is 0 Å². The minimum Gasteiger partial charge on any atom is -0.133 e. The molecule has 0 aromatic rings. The van der Waals surface area contributed by atoms with Crippen LogP contribution in [-0.4, -0.2) is 0 Å². The van der Waals surface area contributed by atoms with Crippen molar-refractivity contribution in [2.75, 3.05) is 0 Å². The summed E-state index contributed by atoms with van der Waals surface area (Å²) in [4.78, 5) is 0. The van der Waals surface area contributed by atoms with Crippen molar-refractivity contribution in [2.45, 2.75) is 162 Å². The maximum Gasteiger partial charge on any atom is -0.0275 e. The van der Waals surface area contributed by atoms with Gasteiger partial charge in [0.1, 0.15) is 0 Å². The topological polar surface area (TPSA) is 0 Å². The summed E-state index contributed by atoms with van der Waals surface area (Å²) in [5.41, 5.74) is 2.86. The van der Waals surface area contributed by atoms with E-state index >= 15 is 0 Å². The smallest absolute Gasteiger partial charge is 0.0275 e. The molecule has 172 valence electrons. The van der Waals surface area contributed by atoms with Crippen molar-refractivity contribution in [2.24, 2.45) is 5.92 Å². The van der Waals surface area contributed by atoms with Gasteiger partial charge in [-0.15, -0.1) is 5.73 Å². The second kappa shape index (κ2) is 25.6. The maximum absolute atomic E-state index is 3.61. The summed E-state index contributed by atoms with van der Waals surface area (Å²) >= 11 is 0. The molecule has 0 aliphatic heterocycles. The zero-order chi connectivity index (χ0) is 21.3. The Bertz CT molecular complexity index is 336. The van der Waals surface area contributed by atoms with E-state index in [1.54, 1.807) is 0 Å². The van der Waals surface area contributed by atoms with Crippen LogP contribution in [0.2, 0.25) is 0 Å². The molecule has 29 heavy (non-hydrogen) atoms. The molecule has 1 unspecified atom stereocenters. The molecular formula is C29H56. The highest BCUT2D eigenvalue weighted by Crippen LogP contribution is 2.21. The van der Waals surface area contributed by atoms with Crippen molar-refractivity contribution < 1.29 is 0 Å². The standard InChI is InChI=1S/C29H56/c1-4-7-9-11-12-13-14-15-16-17-18-19-20-21-22-23-24-26-28-29(6-3)27-25-10-8-5-2/h7,29H,1,5-6,8-28H2,2-3H3. The van der Waals surface area contributed by atoms with Gasteiger partial charge in [0.25, 0.3) is 0 Å². The molecule has 0 N–H and O–H groups in total. The van der Waals surface area contributed by atoms with Crippen molar-refractivity contribution in [3.8, 4) is 0 Å². The molecule has 0 rings (SSSR count). The predicted molar refractivity (Wildman–Crippen MR) is 135 cm³/mol. The van der Waals surface area contributed by atoms with Gasteiger partial charge in [0.2, 0.25) is 0 Å². The van der Waals surface area contributed by atoms with Gasteiger partial charge < -0.3 is 0 Å². The minimum atomic E-state index is 1.02. The summed E-state index contributed by atoms with van der Waals surface area (Å²) in [5.74, 6) is 1.02. The van der Waals surface area contributed by atoms with Crippen LogP contribution in [0.3, 0.4) is 0 Å². The van der Waals surface area contributed by atoms with Crippen LogP contribution in [0.4, 0.5) is 0 Å². The zero-order valence-electron chi connectivity index (χ0n) is 20.6. The van der Waals surface area contributed by atoms with Gasteiger partial charge in [-0.05, 0) is 24.8 Å². The van der Waals surface area contributed by atoms with Gasteiger partial charge in [-0.2, -0.15) is 0 Å². The van der Waals surface area contributed by atoms with Crippen molar-refractivity contribution in [3.05, 3.63) is 18.4 Å². The summed E-state index contributed by atoms with van der Waals surface area (Å²) in [7, 11) is 0. The van der Waals surface area contributed by atoms with Gasteiger partial charge in [-0.1, -0.05) is 155 Å². The molecule has 0 aromatic carbocycles. The number of rotatable bonds is 24. The first-order valence-corrected chi connectivity index (χ1v) is 13.7. The Morgan fingerprint density at radius 3 is 1.31 bits per heavy atom. The first-order chi connectivity index (χ1) is 14.3. The lowest BCUT2D eigenvalue weighted by molar-refractivity contribution is 0.393. The summed E-state index contributed by atoms with van der Waals surface area (Å²) in [5, 5.41) is 0. The Balaban J connectivity index is 3.18. The molecule has 0 fully saturated rings. The van der Waals surface area contributed by atoms with Gasteiger partial charge in [0.15, 0.2) is 0 Å². The third-order valence-corrected chi connectivity index (χ3v) is 6.65. The highest BCUT2D eigenvalue weighted by atomic mass is 14.1. The highest BCUT2D eigenvalue weighted by molar-refractivity contribution is 4.74. The number of unbranched alkanes of at least 4 members (excludes halogenated alkanes) is 18. The third-order valence-electron chi connectivity index (χ3n) is 6.65. The lowest BCUT2D eigenvalue weighted by Crippen LogP contribution is -1.99. The number of hydrogen-bond acceptors (Lipinski definition) is 0. The van der Waals surface area contributed by atoms with E-state index in [0.29, 0.717) is 0 Å². The van der Waals surface area contributed by atoms with Crippen LogP contribution in [-0.2, 0) is 0 Å². The van der Waals surface area contributed by atoms with Crippen molar-refractivity contribution in [3.63, 3.8) is 0 Å². The fraction of sp³-hybridized carbons (Fsp3) is 0.897. The molecule has 0 amide bonds. The van der Waals surface area contributed by atoms with E-state index in [-0.39, 0.29) is 0 Å². The third kappa shape index (κ3) is 23.7. The van der Waals surface area contributed by atoms with Gasteiger partial charge in [0, 0.05) is 0 Å². The van der Waals surface area contributed by atoms with Crippen molar-refractivity contribution in [1.82, 2.24) is 0 Å². The Labute approximate surface area is 186 Å². The van der Waals surface area contributed by atoms with Crippen LogP contribution >= 0.6 is 0 Å². The maximum atomic E-state index is 3.61. The number of hydrogen-bond donors (Lipinski definition) is 0. The SMILES string of the molecule is C=C=CCCCCCCCCCCCCCCCCCC(CC)CCCCCC. The Hall–Kier alpha value is -0.480. The van der Waals surface area contributed by atoms with E-state index < -0.39 is 0 Å². The largest absolute Gasteiger partial charge is 0.133 e. The molecule has 0 bridgehead atoms. The Morgan fingerprint density at radius 2 is 0.931 bits per heavy atom. The minimum absolute atomic E-state index is 1.02. The summed E-state index contributed by atoms with van der Waals surface area (Å²) in [6.07, 6.45) is 35.1. The molecular weight excluding hydrogens is 348 g/mol. The average molecular weight is 405 g/mol. The molecule has 0 saturated carbocycles. The van der Waals surface area contributed by atoms with Gasteiger partial charge >= 0.3 is 0 Å². The van der Waals surface area contributed by atoms with Crippen LogP contribution < -0.4 is 0 Å². The fourth-order valence-electron chi connectivity index (χ4n) is 4.49. The monoisotopic (exact) mass is 404 g/mol. The average Bonchev–Trinajstić information content (AvgIpc) is 2.74. The van der Waals surface area contributed by atoms with E-state index in [4.69, 9.17) is 0 Å². The Kier molecular flexibility index (Phi) is 25.1. The van der Waals surface area contributed by atoms with Gasteiger partial charge in [0.05, 0.1) is 0 Å². The molecule has 0 heteroatoms. The van der Waals surface area contributed by atoms with E-state index in [0.717, 1.165) is 5.92 Å². The van der Waals surface area contributed by atoms with E-state index in [1.807, 2.05) is 0 Å². The molecule has 0 aromatic heterocycles. The molecule has 0 spiro atoms. The van der Waals surface area contributed by atoms with Gasteiger partial charge in [-0.3, -0.25) is 0 Å². The molecule has 0 saturated heterocycles. The Morgan fingerprint density at radius 1 is 0.552 bits per heavy atom. The van der Waals surface area contributed by atoms with E-state index in [1.165, 1.54) is 148 Å². The molecule has 0 heterocycles. The first kappa shape index (κ1) is 28.5. The normalized spacial score (nSPS) is 12.1. The van der Waals surface area contributed by atoms with E-state index in [2.05, 4.69) is 32.2 Å². The quantitative estimate of drug-likeness (QED) is 0.111. The molecule has 0 aliphatic carbocycles. The van der Waals surface area contributed by atoms with Crippen LogP contribution in [0.25, 0.3) is 0 Å². The fourth-order valence-corrected chi connectivity index (χ4v) is 4.49. The number of allylic oxidation sites excluding steroid dienone is 1. The second-order valence-electron chi connectivity index (χ2n) is 9.41. The predicted octanol–water partition coefficient (Wildman–Crippen LogP) is 11.0. The summed E-state index contributed by atoms with van der Waals surface area (Å²) in [6.45, 7) is 8.32. The lowest BCUT2D eigenvalue weighted by atomic mass is 9.92. The second-order valence-corrected chi connectivity index (χ2v) is 9.41. The van der Waals surface area contributed by atoms with Crippen molar-refractivity contribution >= 4 is 0 Å². The van der Waals surface area contributed by atoms with Crippen LogP contribution in [0.15, 0.2) is 18.4 Å². The molecule has 0 aliphatic rings. The van der Waals surface area contributed by atoms with Crippen LogP contribution in [0.1, 0.15) is 162 Å². The molecule has 0 radical (unpaired) electrons. The lowest BCUT2D eigenvalue weighted by Gasteiger charge is -2.14. The summed E-state index contributed by atoms with van der Waals surface area (Å²) < 4.78 is 0. The van der Waals surface area contributed by atoms with Crippen LogP contribution in [0.5, 0.6) is 0 Å². The van der Waals surface area contributed by atoms with Crippen LogP contribution in [0, 0.1) is 5.92 Å². The molecule has 0 nitrogen and oxygen atoms in total. The first-order valence-electron chi connectivity index (χ1n) is 13.7. The summed E-state index contributed by atoms with van der Waals surface area (Å²) in [6, 6.07) is 0. The van der Waals surface area contributed by atoms with Crippen molar-refractivity contribution in [1.29, 1.82) is 0 Å². The van der Waals surface area contributed by atoms with Gasteiger partial charge in [-0.25, -0.2) is 0 Å².